The highest BCUT2D eigenvalue weighted by Gasteiger charge is 2.31. The molecule has 2 aromatic rings. The lowest BCUT2D eigenvalue weighted by Crippen LogP contribution is -2.53. The van der Waals surface area contributed by atoms with Crippen molar-refractivity contribution >= 4 is 17.9 Å². The molecule has 0 unspecified atom stereocenters. The summed E-state index contributed by atoms with van der Waals surface area (Å²) >= 11 is 0. The average molecular weight is 409 g/mol. The highest BCUT2D eigenvalue weighted by Crippen LogP contribution is 2.33. The normalized spacial score (nSPS) is 14.9. The van der Waals surface area contributed by atoms with Crippen LogP contribution in [0.25, 0.3) is 0 Å². The van der Waals surface area contributed by atoms with Crippen LogP contribution in [0.15, 0.2) is 60.7 Å². The molecule has 0 aliphatic heterocycles. The lowest BCUT2D eigenvalue weighted by atomic mass is 10.0. The van der Waals surface area contributed by atoms with Crippen molar-refractivity contribution in [1.82, 2.24) is 10.6 Å². The van der Waals surface area contributed by atoms with E-state index in [1.165, 1.54) is 0 Å². The fourth-order valence-corrected chi connectivity index (χ4v) is 3.17. The van der Waals surface area contributed by atoms with Crippen molar-refractivity contribution < 1.29 is 19.1 Å². The minimum atomic E-state index is -0.892. The number of benzene rings is 2. The Hall–Kier alpha value is -3.35. The van der Waals surface area contributed by atoms with Gasteiger partial charge in [0, 0.05) is 6.42 Å². The molecule has 3 rings (SSSR count). The summed E-state index contributed by atoms with van der Waals surface area (Å²) in [6, 6.07) is 17.0. The Morgan fingerprint density at radius 3 is 2.07 bits per heavy atom. The zero-order chi connectivity index (χ0) is 21.3. The maximum Gasteiger partial charge on any atom is 0.408 e. The standard InChI is InChI=1S/C23H27N3O4/c24-21(27)19(13-17-11-12-17)25-22(28)20(14-16-7-3-1-4-8-16)26-23(29)30-15-18-9-5-2-6-10-18/h1-10,17,19-20H,11-15H2,(H2,24,27)(H,25,28)(H,26,29)/t19-,20+/m1/s1. The van der Waals surface area contributed by atoms with Crippen LogP contribution in [-0.2, 0) is 27.4 Å². The van der Waals surface area contributed by atoms with Gasteiger partial charge in [-0.25, -0.2) is 4.79 Å². The van der Waals surface area contributed by atoms with Gasteiger partial charge in [-0.05, 0) is 23.5 Å². The Balaban J connectivity index is 1.63. The van der Waals surface area contributed by atoms with E-state index >= 15 is 0 Å². The molecule has 158 valence electrons. The Bertz CT molecular complexity index is 853. The van der Waals surface area contributed by atoms with Gasteiger partial charge in [0.1, 0.15) is 18.7 Å². The van der Waals surface area contributed by atoms with Crippen LogP contribution >= 0.6 is 0 Å². The highest BCUT2D eigenvalue weighted by molar-refractivity contribution is 5.90. The van der Waals surface area contributed by atoms with E-state index in [4.69, 9.17) is 10.5 Å². The second-order valence-corrected chi connectivity index (χ2v) is 7.59. The van der Waals surface area contributed by atoms with Gasteiger partial charge in [-0.15, -0.1) is 0 Å². The molecular weight excluding hydrogens is 382 g/mol. The molecule has 1 aliphatic carbocycles. The molecule has 1 saturated carbocycles. The number of hydrogen-bond acceptors (Lipinski definition) is 4. The summed E-state index contributed by atoms with van der Waals surface area (Å²) in [5.74, 6) is -0.612. The van der Waals surface area contributed by atoms with Gasteiger partial charge >= 0.3 is 6.09 Å². The van der Waals surface area contributed by atoms with Crippen molar-refractivity contribution in [1.29, 1.82) is 0 Å². The summed E-state index contributed by atoms with van der Waals surface area (Å²) in [7, 11) is 0. The van der Waals surface area contributed by atoms with Crippen LogP contribution in [0.1, 0.15) is 30.4 Å². The number of nitrogens with one attached hydrogen (secondary N) is 2. The van der Waals surface area contributed by atoms with E-state index in [0.29, 0.717) is 12.3 Å². The zero-order valence-corrected chi connectivity index (χ0v) is 16.8. The smallest absolute Gasteiger partial charge is 0.408 e. The Kier molecular flexibility index (Phi) is 7.43. The molecule has 0 heterocycles. The van der Waals surface area contributed by atoms with E-state index in [1.807, 2.05) is 60.7 Å². The van der Waals surface area contributed by atoms with Gasteiger partial charge in [-0.2, -0.15) is 0 Å². The molecule has 0 aromatic heterocycles. The van der Waals surface area contributed by atoms with E-state index in [9.17, 15) is 14.4 Å². The van der Waals surface area contributed by atoms with Crippen LogP contribution in [-0.4, -0.2) is 30.0 Å². The van der Waals surface area contributed by atoms with Crippen LogP contribution < -0.4 is 16.4 Å². The van der Waals surface area contributed by atoms with E-state index in [2.05, 4.69) is 10.6 Å². The zero-order valence-electron chi connectivity index (χ0n) is 16.8. The summed E-state index contributed by atoms with van der Waals surface area (Å²) < 4.78 is 5.25. The summed E-state index contributed by atoms with van der Waals surface area (Å²) in [4.78, 5) is 37.0. The lowest BCUT2D eigenvalue weighted by Gasteiger charge is -2.22. The van der Waals surface area contributed by atoms with E-state index in [0.717, 1.165) is 24.0 Å². The minimum Gasteiger partial charge on any atom is -0.445 e. The van der Waals surface area contributed by atoms with Gasteiger partial charge in [0.15, 0.2) is 0 Å². The molecule has 0 saturated heterocycles. The number of carbonyl (C=O) groups excluding carboxylic acids is 3. The third-order valence-electron chi connectivity index (χ3n) is 5.03. The molecule has 1 aliphatic rings. The third kappa shape index (κ3) is 6.92. The van der Waals surface area contributed by atoms with Crippen LogP contribution in [0, 0.1) is 5.92 Å². The van der Waals surface area contributed by atoms with Crippen LogP contribution in [0.4, 0.5) is 4.79 Å². The lowest BCUT2D eigenvalue weighted by molar-refractivity contribution is -0.128. The van der Waals surface area contributed by atoms with Gasteiger partial charge in [-0.1, -0.05) is 73.5 Å². The molecule has 0 bridgehead atoms. The van der Waals surface area contributed by atoms with E-state index in [-0.39, 0.29) is 13.0 Å². The Morgan fingerprint density at radius 2 is 1.50 bits per heavy atom. The Morgan fingerprint density at radius 1 is 0.900 bits per heavy atom. The maximum absolute atomic E-state index is 12.9. The van der Waals surface area contributed by atoms with Gasteiger partial charge in [0.05, 0.1) is 0 Å². The summed E-state index contributed by atoms with van der Waals surface area (Å²) in [5, 5.41) is 5.33. The Labute approximate surface area is 176 Å². The van der Waals surface area contributed by atoms with Crippen molar-refractivity contribution in [3.05, 3.63) is 71.8 Å². The number of rotatable bonds is 10. The van der Waals surface area contributed by atoms with Crippen molar-refractivity contribution in [2.75, 3.05) is 0 Å². The second kappa shape index (κ2) is 10.4. The van der Waals surface area contributed by atoms with Gasteiger partial charge < -0.3 is 21.1 Å². The van der Waals surface area contributed by atoms with Gasteiger partial charge in [0.2, 0.25) is 11.8 Å². The molecule has 0 spiro atoms. The second-order valence-electron chi connectivity index (χ2n) is 7.59. The van der Waals surface area contributed by atoms with Crippen molar-refractivity contribution in [3.63, 3.8) is 0 Å². The topological polar surface area (TPSA) is 111 Å². The molecule has 2 aromatic carbocycles. The fourth-order valence-electron chi connectivity index (χ4n) is 3.17. The predicted octanol–water partition coefficient (Wildman–Crippen LogP) is 2.29. The SMILES string of the molecule is NC(=O)[C@@H](CC1CC1)NC(=O)[C@H](Cc1ccccc1)NC(=O)OCc1ccccc1. The van der Waals surface area contributed by atoms with Gasteiger partial charge in [0.25, 0.3) is 0 Å². The first-order valence-electron chi connectivity index (χ1n) is 10.1. The van der Waals surface area contributed by atoms with Crippen LogP contribution in [0.2, 0.25) is 0 Å². The number of amides is 3. The van der Waals surface area contributed by atoms with Crippen molar-refractivity contribution in [2.45, 2.75) is 44.4 Å². The first-order valence-corrected chi connectivity index (χ1v) is 10.1. The predicted molar refractivity (Wildman–Crippen MR) is 112 cm³/mol. The molecule has 3 amide bonds. The largest absolute Gasteiger partial charge is 0.445 e. The minimum absolute atomic E-state index is 0.0952. The summed E-state index contributed by atoms with van der Waals surface area (Å²) in [6.45, 7) is 0.0952. The molecule has 0 radical (unpaired) electrons. The summed E-state index contributed by atoms with van der Waals surface area (Å²) in [6.07, 6.45) is 2.17. The molecule has 4 N–H and O–H groups in total. The van der Waals surface area contributed by atoms with E-state index < -0.39 is 30.0 Å². The number of ether oxygens (including phenoxy) is 1. The number of hydrogen-bond donors (Lipinski definition) is 3. The number of nitrogens with two attached hydrogens (primary N) is 1. The third-order valence-corrected chi connectivity index (χ3v) is 5.03. The van der Waals surface area contributed by atoms with Crippen LogP contribution in [0.5, 0.6) is 0 Å². The average Bonchev–Trinajstić information content (AvgIpc) is 3.57. The summed E-state index contributed by atoms with van der Waals surface area (Å²) in [5.41, 5.74) is 7.18. The van der Waals surface area contributed by atoms with Crippen molar-refractivity contribution in [3.8, 4) is 0 Å². The molecule has 1 fully saturated rings. The molecule has 2 atom stereocenters. The fraction of sp³-hybridized carbons (Fsp3) is 0.348. The number of alkyl carbamates (subject to hydrolysis) is 1. The highest BCUT2D eigenvalue weighted by atomic mass is 16.5. The first kappa shape index (κ1) is 21.4. The van der Waals surface area contributed by atoms with Gasteiger partial charge in [-0.3, -0.25) is 9.59 Å². The molecular formula is C23H27N3O4. The number of carbonyl (C=O) groups is 3. The first-order chi connectivity index (χ1) is 14.5. The van der Waals surface area contributed by atoms with Crippen molar-refractivity contribution in [2.24, 2.45) is 11.7 Å². The molecule has 7 heteroatoms. The quantitative estimate of drug-likeness (QED) is 0.559. The maximum atomic E-state index is 12.9. The number of primary amides is 1. The van der Waals surface area contributed by atoms with Crippen LogP contribution in [0.3, 0.4) is 0 Å². The molecule has 7 nitrogen and oxygen atoms in total. The molecule has 30 heavy (non-hydrogen) atoms. The monoisotopic (exact) mass is 409 g/mol. The van der Waals surface area contributed by atoms with E-state index in [1.54, 1.807) is 0 Å².